The van der Waals surface area contributed by atoms with Crippen molar-refractivity contribution in [3.63, 3.8) is 0 Å². The van der Waals surface area contributed by atoms with Crippen molar-refractivity contribution < 1.29 is 4.39 Å². The van der Waals surface area contributed by atoms with Crippen LogP contribution in [0.3, 0.4) is 0 Å². The van der Waals surface area contributed by atoms with Gasteiger partial charge in [0.15, 0.2) is 0 Å². The molecule has 3 heteroatoms. The number of benzene rings is 1. The molecule has 0 saturated heterocycles. The normalized spacial score (nSPS) is 11.0. The Bertz CT molecular complexity index is 323. The Morgan fingerprint density at radius 1 is 1.43 bits per heavy atom. The van der Waals surface area contributed by atoms with Crippen LogP contribution in [0.2, 0.25) is 5.02 Å². The average molecular weight is 216 g/mol. The molecule has 0 aliphatic heterocycles. The lowest BCUT2D eigenvalue weighted by Crippen LogP contribution is -2.04. The summed E-state index contributed by atoms with van der Waals surface area (Å²) in [6.45, 7) is 4.45. The van der Waals surface area contributed by atoms with Crippen molar-refractivity contribution in [2.45, 2.75) is 26.2 Å². The van der Waals surface area contributed by atoms with Gasteiger partial charge in [-0.3, -0.25) is 0 Å². The van der Waals surface area contributed by atoms with Crippen LogP contribution in [0.15, 0.2) is 12.1 Å². The van der Waals surface area contributed by atoms with Gasteiger partial charge in [-0.25, -0.2) is 4.39 Å². The first kappa shape index (κ1) is 11.5. The van der Waals surface area contributed by atoms with Crippen molar-refractivity contribution in [3.8, 4) is 0 Å². The van der Waals surface area contributed by atoms with Gasteiger partial charge in [0.05, 0.1) is 5.02 Å². The molecule has 0 aromatic heterocycles. The van der Waals surface area contributed by atoms with E-state index in [-0.39, 0.29) is 16.8 Å². The molecule has 0 unspecified atom stereocenters. The maximum atomic E-state index is 13.5. The van der Waals surface area contributed by atoms with Crippen molar-refractivity contribution in [1.29, 1.82) is 0 Å². The average Bonchev–Trinajstić information content (AvgIpc) is 2.11. The van der Waals surface area contributed by atoms with Crippen LogP contribution in [0, 0.1) is 5.82 Å². The molecule has 1 aromatic rings. The van der Waals surface area contributed by atoms with E-state index in [1.807, 2.05) is 19.9 Å². The molecule has 1 rings (SSSR count). The monoisotopic (exact) mass is 215 g/mol. The van der Waals surface area contributed by atoms with E-state index in [1.165, 1.54) is 0 Å². The van der Waals surface area contributed by atoms with Crippen molar-refractivity contribution in [2.75, 3.05) is 6.54 Å². The smallest absolute Gasteiger partial charge is 0.145 e. The summed E-state index contributed by atoms with van der Waals surface area (Å²) in [6, 6.07) is 3.49. The molecule has 0 spiro atoms. The predicted molar refractivity (Wildman–Crippen MR) is 58.3 cm³/mol. The van der Waals surface area contributed by atoms with E-state index in [2.05, 4.69) is 0 Å². The van der Waals surface area contributed by atoms with Crippen LogP contribution in [0.1, 0.15) is 30.9 Å². The van der Waals surface area contributed by atoms with Gasteiger partial charge in [-0.2, -0.15) is 0 Å². The fourth-order valence-electron chi connectivity index (χ4n) is 1.40. The van der Waals surface area contributed by atoms with Gasteiger partial charge in [-0.05, 0) is 36.1 Å². The Hall–Kier alpha value is -0.600. The SMILES string of the molecule is CC(C)c1cc(CCN)cc(Cl)c1F. The molecule has 1 nitrogen and oxygen atoms in total. The van der Waals surface area contributed by atoms with Gasteiger partial charge in [0.2, 0.25) is 0 Å². The highest BCUT2D eigenvalue weighted by atomic mass is 35.5. The lowest BCUT2D eigenvalue weighted by molar-refractivity contribution is 0.597. The molecule has 78 valence electrons. The minimum atomic E-state index is -0.303. The molecule has 0 bridgehead atoms. The highest BCUT2D eigenvalue weighted by Gasteiger charge is 2.11. The van der Waals surface area contributed by atoms with Crippen molar-refractivity contribution >= 4 is 11.6 Å². The minimum Gasteiger partial charge on any atom is -0.330 e. The molecule has 2 N–H and O–H groups in total. The van der Waals surface area contributed by atoms with Gasteiger partial charge in [0.1, 0.15) is 5.82 Å². The second kappa shape index (κ2) is 4.76. The topological polar surface area (TPSA) is 26.0 Å². The Morgan fingerprint density at radius 3 is 2.57 bits per heavy atom. The third-order valence-electron chi connectivity index (χ3n) is 2.17. The zero-order chi connectivity index (χ0) is 10.7. The van der Waals surface area contributed by atoms with Crippen LogP contribution < -0.4 is 5.73 Å². The number of nitrogens with two attached hydrogens (primary N) is 1. The van der Waals surface area contributed by atoms with Crippen LogP contribution in [0.25, 0.3) is 0 Å². The molecule has 14 heavy (non-hydrogen) atoms. The van der Waals surface area contributed by atoms with E-state index < -0.39 is 0 Å². The molecule has 0 atom stereocenters. The van der Waals surface area contributed by atoms with E-state index in [4.69, 9.17) is 17.3 Å². The highest BCUT2D eigenvalue weighted by molar-refractivity contribution is 6.30. The quantitative estimate of drug-likeness (QED) is 0.824. The van der Waals surface area contributed by atoms with Crippen LogP contribution in [-0.4, -0.2) is 6.54 Å². The van der Waals surface area contributed by atoms with Gasteiger partial charge in [-0.15, -0.1) is 0 Å². The highest BCUT2D eigenvalue weighted by Crippen LogP contribution is 2.26. The minimum absolute atomic E-state index is 0.144. The van der Waals surface area contributed by atoms with Gasteiger partial charge in [0.25, 0.3) is 0 Å². The van der Waals surface area contributed by atoms with Crippen LogP contribution >= 0.6 is 11.6 Å². The fourth-order valence-corrected chi connectivity index (χ4v) is 1.65. The lowest BCUT2D eigenvalue weighted by atomic mass is 9.99. The van der Waals surface area contributed by atoms with Crippen molar-refractivity contribution in [3.05, 3.63) is 34.1 Å². The Morgan fingerprint density at radius 2 is 2.07 bits per heavy atom. The summed E-state index contributed by atoms with van der Waals surface area (Å²) in [6.07, 6.45) is 0.736. The van der Waals surface area contributed by atoms with Gasteiger partial charge in [0, 0.05) is 0 Å². The van der Waals surface area contributed by atoms with E-state index in [1.54, 1.807) is 6.07 Å². The number of rotatable bonds is 3. The first-order valence-corrected chi connectivity index (χ1v) is 5.12. The first-order valence-electron chi connectivity index (χ1n) is 4.74. The summed E-state index contributed by atoms with van der Waals surface area (Å²) in [5, 5.41) is 0.194. The lowest BCUT2D eigenvalue weighted by Gasteiger charge is -2.10. The Balaban J connectivity index is 3.14. The summed E-state index contributed by atoms with van der Waals surface area (Å²) in [7, 11) is 0. The number of hydrogen-bond donors (Lipinski definition) is 1. The second-order valence-corrected chi connectivity index (χ2v) is 4.08. The second-order valence-electron chi connectivity index (χ2n) is 3.67. The zero-order valence-electron chi connectivity index (χ0n) is 8.48. The molecule has 0 saturated carbocycles. The molecule has 0 heterocycles. The molecular weight excluding hydrogens is 201 g/mol. The molecular formula is C11H15ClFN. The molecule has 1 aromatic carbocycles. The fraction of sp³-hybridized carbons (Fsp3) is 0.455. The Labute approximate surface area is 89.1 Å². The summed E-state index contributed by atoms with van der Waals surface area (Å²) >= 11 is 5.78. The van der Waals surface area contributed by atoms with Gasteiger partial charge < -0.3 is 5.73 Å². The summed E-state index contributed by atoms with van der Waals surface area (Å²) in [4.78, 5) is 0. The molecule has 0 aliphatic carbocycles. The Kier molecular flexibility index (Phi) is 3.90. The molecule has 0 fully saturated rings. The van der Waals surface area contributed by atoms with Gasteiger partial charge >= 0.3 is 0 Å². The van der Waals surface area contributed by atoms with E-state index in [0.717, 1.165) is 12.0 Å². The first-order chi connectivity index (χ1) is 6.56. The zero-order valence-corrected chi connectivity index (χ0v) is 9.24. The van der Waals surface area contributed by atoms with Gasteiger partial charge in [-0.1, -0.05) is 31.5 Å². The summed E-state index contributed by atoms with van der Waals surface area (Å²) in [5.74, 6) is -0.160. The van der Waals surface area contributed by atoms with Crippen LogP contribution in [-0.2, 0) is 6.42 Å². The van der Waals surface area contributed by atoms with E-state index in [9.17, 15) is 4.39 Å². The predicted octanol–water partition coefficient (Wildman–Crippen LogP) is 3.10. The van der Waals surface area contributed by atoms with Crippen molar-refractivity contribution in [2.24, 2.45) is 5.73 Å². The summed E-state index contributed by atoms with van der Waals surface area (Å²) in [5.41, 5.74) is 7.11. The van der Waals surface area contributed by atoms with E-state index >= 15 is 0 Å². The number of halogens is 2. The van der Waals surface area contributed by atoms with Crippen LogP contribution in [0.4, 0.5) is 4.39 Å². The third kappa shape index (κ3) is 2.46. The molecule has 0 amide bonds. The van der Waals surface area contributed by atoms with Crippen LogP contribution in [0.5, 0.6) is 0 Å². The molecule has 0 radical (unpaired) electrons. The molecule has 0 aliphatic rings. The van der Waals surface area contributed by atoms with E-state index in [0.29, 0.717) is 12.1 Å². The van der Waals surface area contributed by atoms with Crippen molar-refractivity contribution in [1.82, 2.24) is 0 Å². The third-order valence-corrected chi connectivity index (χ3v) is 2.45. The maximum Gasteiger partial charge on any atom is 0.145 e. The maximum absolute atomic E-state index is 13.5. The number of hydrogen-bond acceptors (Lipinski definition) is 1. The standard InChI is InChI=1S/C11H15ClFN/c1-7(2)9-5-8(3-4-14)6-10(12)11(9)13/h5-7H,3-4,14H2,1-2H3. The largest absolute Gasteiger partial charge is 0.330 e. The summed E-state index contributed by atoms with van der Waals surface area (Å²) < 4.78 is 13.5.